The number of aromatic nitrogens is 2. The number of benzene rings is 2. The number of pyridine rings is 1. The summed E-state index contributed by atoms with van der Waals surface area (Å²) in [7, 11) is 0. The van der Waals surface area contributed by atoms with Gasteiger partial charge in [0.2, 0.25) is 0 Å². The third-order valence-corrected chi connectivity index (χ3v) is 5.08. The quantitative estimate of drug-likeness (QED) is 0.332. The predicted octanol–water partition coefficient (Wildman–Crippen LogP) is 5.73. The molecule has 0 aliphatic heterocycles. The van der Waals surface area contributed by atoms with Gasteiger partial charge in [0.05, 0.1) is 23.2 Å². The van der Waals surface area contributed by atoms with E-state index in [1.807, 2.05) is 30.5 Å². The number of esters is 1. The molecule has 0 bridgehead atoms. The number of carbonyl (C=O) groups is 1. The first-order chi connectivity index (χ1) is 13.6. The molecule has 4 aromatic rings. The van der Waals surface area contributed by atoms with Crippen molar-refractivity contribution in [3.8, 4) is 11.1 Å². The molecular formula is C24H24N2O2. The predicted molar refractivity (Wildman–Crippen MR) is 113 cm³/mol. The number of unbranched alkanes of at least 4 members (excludes halogenated alkanes) is 1. The van der Waals surface area contributed by atoms with E-state index in [1.165, 1.54) is 5.56 Å². The second-order valence-electron chi connectivity index (χ2n) is 7.24. The highest BCUT2D eigenvalue weighted by molar-refractivity contribution is 5.99. The molecule has 0 aliphatic rings. The Labute approximate surface area is 164 Å². The number of aryl methyl sites for hydroxylation is 2. The minimum atomic E-state index is -0.296. The van der Waals surface area contributed by atoms with Crippen LogP contribution in [0.5, 0.6) is 0 Å². The Morgan fingerprint density at radius 1 is 1.11 bits per heavy atom. The number of carbonyl (C=O) groups excluding carboxylic acids is 1. The van der Waals surface area contributed by atoms with E-state index in [9.17, 15) is 4.79 Å². The summed E-state index contributed by atoms with van der Waals surface area (Å²) in [6, 6.07) is 16.2. The molecule has 4 rings (SSSR count). The maximum Gasteiger partial charge on any atom is 0.338 e. The van der Waals surface area contributed by atoms with Gasteiger partial charge in [-0.3, -0.25) is 4.40 Å². The van der Waals surface area contributed by atoms with Crippen LogP contribution in [0.2, 0.25) is 0 Å². The first-order valence-corrected chi connectivity index (χ1v) is 9.74. The van der Waals surface area contributed by atoms with Crippen LogP contribution in [-0.4, -0.2) is 22.0 Å². The van der Waals surface area contributed by atoms with Crippen LogP contribution in [0, 0.1) is 13.8 Å². The number of para-hydroxylation sites is 1. The van der Waals surface area contributed by atoms with E-state index in [4.69, 9.17) is 9.72 Å². The van der Waals surface area contributed by atoms with Crippen molar-refractivity contribution in [2.24, 2.45) is 0 Å². The Hall–Kier alpha value is -3.14. The van der Waals surface area contributed by atoms with E-state index in [-0.39, 0.29) is 5.97 Å². The minimum absolute atomic E-state index is 0.296. The van der Waals surface area contributed by atoms with E-state index < -0.39 is 0 Å². The van der Waals surface area contributed by atoms with Gasteiger partial charge in [0, 0.05) is 11.8 Å². The lowest BCUT2D eigenvalue weighted by atomic mass is 10.0. The third kappa shape index (κ3) is 3.26. The summed E-state index contributed by atoms with van der Waals surface area (Å²) >= 11 is 0. The van der Waals surface area contributed by atoms with Crippen molar-refractivity contribution >= 4 is 22.6 Å². The van der Waals surface area contributed by atoms with Crippen LogP contribution in [0.15, 0.2) is 54.7 Å². The lowest BCUT2D eigenvalue weighted by Gasteiger charge is -2.11. The van der Waals surface area contributed by atoms with Crippen molar-refractivity contribution < 1.29 is 9.53 Å². The SMILES string of the molecule is CCCCOC(=O)c1cc2nc3c(C)cccc3n2cc1-c1ccc(C)cc1. The van der Waals surface area contributed by atoms with E-state index in [0.29, 0.717) is 12.2 Å². The first-order valence-electron chi connectivity index (χ1n) is 9.74. The van der Waals surface area contributed by atoms with Crippen LogP contribution in [0.3, 0.4) is 0 Å². The molecule has 2 aromatic carbocycles. The molecule has 4 heteroatoms. The highest BCUT2D eigenvalue weighted by Gasteiger charge is 2.18. The van der Waals surface area contributed by atoms with Crippen molar-refractivity contribution in [1.82, 2.24) is 9.38 Å². The molecule has 0 saturated carbocycles. The number of nitrogens with zero attached hydrogens (tertiary/aromatic N) is 2. The van der Waals surface area contributed by atoms with Gasteiger partial charge in [-0.1, -0.05) is 55.3 Å². The molecule has 0 fully saturated rings. The minimum Gasteiger partial charge on any atom is -0.462 e. The van der Waals surface area contributed by atoms with E-state index in [2.05, 4.69) is 49.4 Å². The van der Waals surface area contributed by atoms with Gasteiger partial charge in [0.1, 0.15) is 5.65 Å². The Kier molecular flexibility index (Phi) is 4.86. The average molecular weight is 372 g/mol. The summed E-state index contributed by atoms with van der Waals surface area (Å²) in [5.74, 6) is -0.296. The Morgan fingerprint density at radius 3 is 2.64 bits per heavy atom. The standard InChI is InChI=1S/C24H24N2O2/c1-4-5-13-28-24(27)19-14-22-25-23-17(3)7-6-8-21(23)26(22)15-20(19)18-11-9-16(2)10-12-18/h6-12,14-15H,4-5,13H2,1-3H3. The molecule has 142 valence electrons. The van der Waals surface area contributed by atoms with Gasteiger partial charge in [-0.15, -0.1) is 0 Å². The zero-order valence-corrected chi connectivity index (χ0v) is 16.5. The van der Waals surface area contributed by atoms with Crippen LogP contribution < -0.4 is 0 Å². The number of hydrogen-bond donors (Lipinski definition) is 0. The smallest absolute Gasteiger partial charge is 0.338 e. The molecule has 0 spiro atoms. The van der Waals surface area contributed by atoms with E-state index in [0.717, 1.165) is 46.2 Å². The molecule has 2 aromatic heterocycles. The zero-order chi connectivity index (χ0) is 19.7. The largest absolute Gasteiger partial charge is 0.462 e. The summed E-state index contributed by atoms with van der Waals surface area (Å²) in [4.78, 5) is 17.6. The fourth-order valence-corrected chi connectivity index (χ4v) is 3.44. The lowest BCUT2D eigenvalue weighted by Crippen LogP contribution is -2.09. The van der Waals surface area contributed by atoms with Crippen LogP contribution >= 0.6 is 0 Å². The number of ether oxygens (including phenoxy) is 1. The molecule has 0 N–H and O–H groups in total. The highest BCUT2D eigenvalue weighted by atomic mass is 16.5. The van der Waals surface area contributed by atoms with Crippen molar-refractivity contribution in [3.63, 3.8) is 0 Å². The molecule has 0 amide bonds. The summed E-state index contributed by atoms with van der Waals surface area (Å²) in [6.45, 7) is 6.62. The number of rotatable bonds is 5. The van der Waals surface area contributed by atoms with Gasteiger partial charge in [-0.2, -0.15) is 0 Å². The molecule has 0 atom stereocenters. The maximum atomic E-state index is 12.8. The van der Waals surface area contributed by atoms with Crippen LogP contribution in [0.1, 0.15) is 41.3 Å². The zero-order valence-electron chi connectivity index (χ0n) is 16.5. The second-order valence-corrected chi connectivity index (χ2v) is 7.24. The monoisotopic (exact) mass is 372 g/mol. The van der Waals surface area contributed by atoms with Gasteiger partial charge in [-0.05, 0) is 43.5 Å². The number of hydrogen-bond acceptors (Lipinski definition) is 3. The summed E-state index contributed by atoms with van der Waals surface area (Å²) in [5, 5.41) is 0. The van der Waals surface area contributed by atoms with Crippen molar-refractivity contribution in [2.45, 2.75) is 33.6 Å². The van der Waals surface area contributed by atoms with Gasteiger partial charge < -0.3 is 4.74 Å². The second kappa shape index (κ2) is 7.47. The van der Waals surface area contributed by atoms with Gasteiger partial charge >= 0.3 is 5.97 Å². The Balaban J connectivity index is 1.92. The van der Waals surface area contributed by atoms with Gasteiger partial charge in [0.25, 0.3) is 0 Å². The summed E-state index contributed by atoms with van der Waals surface area (Å²) < 4.78 is 7.58. The normalized spacial score (nSPS) is 11.2. The Morgan fingerprint density at radius 2 is 1.89 bits per heavy atom. The molecule has 4 nitrogen and oxygen atoms in total. The maximum absolute atomic E-state index is 12.8. The third-order valence-electron chi connectivity index (χ3n) is 5.08. The van der Waals surface area contributed by atoms with Gasteiger partial charge in [0.15, 0.2) is 0 Å². The Bertz CT molecular complexity index is 1160. The molecule has 0 radical (unpaired) electrons. The summed E-state index contributed by atoms with van der Waals surface area (Å²) in [6.07, 6.45) is 3.85. The van der Waals surface area contributed by atoms with Crippen molar-refractivity contribution in [2.75, 3.05) is 6.61 Å². The van der Waals surface area contributed by atoms with E-state index in [1.54, 1.807) is 0 Å². The van der Waals surface area contributed by atoms with Crippen LogP contribution in [0.25, 0.3) is 27.8 Å². The fourth-order valence-electron chi connectivity index (χ4n) is 3.44. The first kappa shape index (κ1) is 18.2. The van der Waals surface area contributed by atoms with Crippen LogP contribution in [0.4, 0.5) is 0 Å². The molecule has 2 heterocycles. The number of imidazole rings is 1. The molecular weight excluding hydrogens is 348 g/mol. The van der Waals surface area contributed by atoms with Gasteiger partial charge in [-0.25, -0.2) is 9.78 Å². The van der Waals surface area contributed by atoms with E-state index >= 15 is 0 Å². The molecule has 28 heavy (non-hydrogen) atoms. The average Bonchev–Trinajstić information content (AvgIpc) is 3.07. The highest BCUT2D eigenvalue weighted by Crippen LogP contribution is 2.29. The fraction of sp³-hybridized carbons (Fsp3) is 0.250. The number of fused-ring (bicyclic) bond motifs is 3. The topological polar surface area (TPSA) is 43.6 Å². The van der Waals surface area contributed by atoms with Crippen molar-refractivity contribution in [1.29, 1.82) is 0 Å². The molecule has 0 aliphatic carbocycles. The molecule has 0 unspecified atom stereocenters. The molecule has 0 saturated heterocycles. The lowest BCUT2D eigenvalue weighted by molar-refractivity contribution is 0.0500. The summed E-state index contributed by atoms with van der Waals surface area (Å²) in [5.41, 5.74) is 7.44. The van der Waals surface area contributed by atoms with Crippen LogP contribution in [-0.2, 0) is 4.74 Å². The van der Waals surface area contributed by atoms with Crippen molar-refractivity contribution in [3.05, 3.63) is 71.4 Å².